The highest BCUT2D eigenvalue weighted by molar-refractivity contribution is 9.10. The van der Waals surface area contributed by atoms with Crippen molar-refractivity contribution in [3.05, 3.63) is 82.1 Å². The molecule has 8 heteroatoms. The quantitative estimate of drug-likeness (QED) is 0.457. The van der Waals surface area contributed by atoms with Crippen molar-refractivity contribution in [2.24, 2.45) is 0 Å². The van der Waals surface area contributed by atoms with Crippen LogP contribution in [0.2, 0.25) is 5.02 Å². The van der Waals surface area contributed by atoms with E-state index in [-0.39, 0.29) is 6.04 Å². The Morgan fingerprint density at radius 3 is 2.63 bits per heavy atom. The minimum absolute atomic E-state index is 0.0260. The van der Waals surface area contributed by atoms with Gasteiger partial charge in [0.1, 0.15) is 0 Å². The molecule has 0 aliphatic carbocycles. The molecule has 0 radical (unpaired) electrons. The number of tetrazole rings is 1. The number of halogens is 2. The van der Waals surface area contributed by atoms with E-state index >= 15 is 0 Å². The second kappa shape index (κ2) is 9.73. The minimum atomic E-state index is -0.0260. The van der Waals surface area contributed by atoms with Crippen molar-refractivity contribution in [3.63, 3.8) is 0 Å². The monoisotopic (exact) mass is 486 g/mol. The van der Waals surface area contributed by atoms with Gasteiger partial charge < -0.3 is 4.90 Å². The molecule has 156 valence electrons. The van der Waals surface area contributed by atoms with Crippen molar-refractivity contribution < 1.29 is 0 Å². The lowest BCUT2D eigenvalue weighted by molar-refractivity contribution is 0.200. The summed E-state index contributed by atoms with van der Waals surface area (Å²) >= 11 is 9.93. The number of aromatic nitrogens is 4. The average Bonchev–Trinajstić information content (AvgIpc) is 3.22. The van der Waals surface area contributed by atoms with E-state index in [0.717, 1.165) is 60.2 Å². The zero-order chi connectivity index (χ0) is 20.9. The molecule has 1 atom stereocenters. The van der Waals surface area contributed by atoms with E-state index in [4.69, 9.17) is 11.6 Å². The Balaban J connectivity index is 1.61. The molecule has 1 saturated heterocycles. The first kappa shape index (κ1) is 21.0. The molecule has 30 heavy (non-hydrogen) atoms. The van der Waals surface area contributed by atoms with Crippen LogP contribution in [0.5, 0.6) is 0 Å². The molecule has 2 heterocycles. The molecule has 3 aromatic rings. The molecule has 1 aliphatic rings. The van der Waals surface area contributed by atoms with E-state index in [1.54, 1.807) is 0 Å². The van der Waals surface area contributed by atoms with Gasteiger partial charge in [-0.2, -0.15) is 0 Å². The first-order valence-electron chi connectivity index (χ1n) is 10.0. The van der Waals surface area contributed by atoms with Crippen molar-refractivity contribution in [2.75, 3.05) is 31.1 Å². The van der Waals surface area contributed by atoms with Gasteiger partial charge >= 0.3 is 0 Å². The zero-order valence-corrected chi connectivity index (χ0v) is 19.0. The predicted molar refractivity (Wildman–Crippen MR) is 124 cm³/mol. The highest BCUT2D eigenvalue weighted by atomic mass is 79.9. The van der Waals surface area contributed by atoms with E-state index in [2.05, 4.69) is 72.1 Å². The Labute approximate surface area is 190 Å². The summed E-state index contributed by atoms with van der Waals surface area (Å²) in [6.45, 7) is 8.16. The van der Waals surface area contributed by atoms with Crippen LogP contribution in [0.3, 0.4) is 0 Å². The van der Waals surface area contributed by atoms with Crippen molar-refractivity contribution in [3.8, 4) is 0 Å². The van der Waals surface area contributed by atoms with Crippen LogP contribution in [-0.4, -0.2) is 51.3 Å². The fraction of sp³-hybridized carbons (Fsp3) is 0.318. The summed E-state index contributed by atoms with van der Waals surface area (Å²) in [6.07, 6.45) is 2.71. The molecule has 2 aromatic carbocycles. The molecular weight excluding hydrogens is 464 g/mol. The first-order valence-corrected chi connectivity index (χ1v) is 11.2. The highest BCUT2D eigenvalue weighted by Crippen LogP contribution is 2.33. The Kier molecular flexibility index (Phi) is 6.82. The molecular formula is C22H24BrClN6. The summed E-state index contributed by atoms with van der Waals surface area (Å²) in [5.74, 6) is 0.861. The van der Waals surface area contributed by atoms with Crippen molar-refractivity contribution in [1.29, 1.82) is 0 Å². The van der Waals surface area contributed by atoms with E-state index < -0.39 is 0 Å². The molecule has 4 rings (SSSR count). The summed E-state index contributed by atoms with van der Waals surface area (Å²) in [7, 11) is 0. The van der Waals surface area contributed by atoms with Gasteiger partial charge in [0, 0.05) is 47.9 Å². The SMILES string of the molecule is C=CCCn1nnnc1C(c1ccccc1Br)N1CCN(c2cccc(Cl)c2)CC1. The van der Waals surface area contributed by atoms with Crippen LogP contribution in [0.25, 0.3) is 0 Å². The Hall–Kier alpha value is -2.22. The molecule has 0 N–H and O–H groups in total. The summed E-state index contributed by atoms with van der Waals surface area (Å²) in [5, 5.41) is 13.4. The smallest absolute Gasteiger partial charge is 0.173 e. The van der Waals surface area contributed by atoms with Crippen LogP contribution in [0.1, 0.15) is 23.9 Å². The van der Waals surface area contributed by atoms with E-state index in [9.17, 15) is 0 Å². The maximum Gasteiger partial charge on any atom is 0.173 e. The van der Waals surface area contributed by atoms with Crippen molar-refractivity contribution in [2.45, 2.75) is 19.0 Å². The van der Waals surface area contributed by atoms with Gasteiger partial charge in [-0.3, -0.25) is 4.90 Å². The van der Waals surface area contributed by atoms with Gasteiger partial charge in [-0.15, -0.1) is 11.7 Å². The van der Waals surface area contributed by atoms with E-state index in [0.29, 0.717) is 0 Å². The molecule has 1 unspecified atom stereocenters. The van der Waals surface area contributed by atoms with Crippen LogP contribution in [0, 0.1) is 0 Å². The van der Waals surface area contributed by atoms with E-state index in [1.807, 2.05) is 35.0 Å². The van der Waals surface area contributed by atoms with Gasteiger partial charge in [0.25, 0.3) is 0 Å². The fourth-order valence-corrected chi connectivity index (χ4v) is 4.57. The van der Waals surface area contributed by atoms with Gasteiger partial charge in [0.15, 0.2) is 5.82 Å². The first-order chi connectivity index (χ1) is 14.7. The number of nitrogens with zero attached hydrogens (tertiary/aromatic N) is 6. The topological polar surface area (TPSA) is 50.1 Å². The lowest BCUT2D eigenvalue weighted by Gasteiger charge is -2.40. The van der Waals surface area contributed by atoms with Gasteiger partial charge in [-0.1, -0.05) is 57.9 Å². The zero-order valence-electron chi connectivity index (χ0n) is 16.7. The lowest BCUT2D eigenvalue weighted by Crippen LogP contribution is -2.48. The summed E-state index contributed by atoms with van der Waals surface area (Å²) in [4.78, 5) is 4.83. The van der Waals surface area contributed by atoms with Crippen molar-refractivity contribution in [1.82, 2.24) is 25.1 Å². The third-order valence-corrected chi connectivity index (χ3v) is 6.36. The Bertz CT molecular complexity index is 999. The fourth-order valence-electron chi connectivity index (χ4n) is 3.89. The standard InChI is InChI=1S/C22H24BrClN6/c1-2-3-11-30-22(25-26-27-30)21(19-9-4-5-10-20(19)23)29-14-12-28(13-15-29)18-8-6-7-17(24)16-18/h2,4-10,16,21H,1,3,11-15H2. The van der Waals surface area contributed by atoms with Gasteiger partial charge in [0.05, 0.1) is 6.04 Å². The van der Waals surface area contributed by atoms with Crippen LogP contribution < -0.4 is 4.90 Å². The number of allylic oxidation sites excluding steroid dienone is 1. The molecule has 0 spiro atoms. The molecule has 0 bridgehead atoms. The van der Waals surface area contributed by atoms with Crippen LogP contribution in [0.15, 0.2) is 65.7 Å². The molecule has 6 nitrogen and oxygen atoms in total. The van der Waals surface area contributed by atoms with Gasteiger partial charge in [-0.25, -0.2) is 4.68 Å². The number of anilines is 1. The summed E-state index contributed by atoms with van der Waals surface area (Å²) in [6, 6.07) is 16.3. The number of hydrogen-bond donors (Lipinski definition) is 0. The molecule has 1 fully saturated rings. The minimum Gasteiger partial charge on any atom is -0.369 e. The molecule has 1 aliphatic heterocycles. The third-order valence-electron chi connectivity index (χ3n) is 5.40. The predicted octanol–water partition coefficient (Wildman–Crippen LogP) is 4.58. The average molecular weight is 488 g/mol. The van der Waals surface area contributed by atoms with Crippen LogP contribution in [-0.2, 0) is 6.54 Å². The number of piperazine rings is 1. The third kappa shape index (κ3) is 4.58. The largest absolute Gasteiger partial charge is 0.369 e. The summed E-state index contributed by atoms with van der Waals surface area (Å²) in [5.41, 5.74) is 2.33. The highest BCUT2D eigenvalue weighted by Gasteiger charge is 2.31. The Morgan fingerprint density at radius 1 is 1.10 bits per heavy atom. The number of rotatable bonds is 7. The van der Waals surface area contributed by atoms with Gasteiger partial charge in [0.2, 0.25) is 0 Å². The lowest BCUT2D eigenvalue weighted by atomic mass is 10.0. The maximum atomic E-state index is 6.19. The molecule has 0 saturated carbocycles. The second-order valence-corrected chi connectivity index (χ2v) is 8.56. The van der Waals surface area contributed by atoms with Crippen molar-refractivity contribution >= 4 is 33.2 Å². The second-order valence-electron chi connectivity index (χ2n) is 7.26. The number of hydrogen-bond acceptors (Lipinski definition) is 5. The Morgan fingerprint density at radius 2 is 1.90 bits per heavy atom. The summed E-state index contributed by atoms with van der Waals surface area (Å²) < 4.78 is 2.96. The van der Waals surface area contributed by atoms with E-state index in [1.165, 1.54) is 5.56 Å². The van der Waals surface area contributed by atoms with Gasteiger partial charge in [-0.05, 0) is 46.7 Å². The number of aryl methyl sites for hydroxylation is 1. The van der Waals surface area contributed by atoms with Crippen LogP contribution >= 0.6 is 27.5 Å². The maximum absolute atomic E-state index is 6.19. The number of benzene rings is 2. The normalized spacial score (nSPS) is 15.9. The van der Waals surface area contributed by atoms with Crippen LogP contribution in [0.4, 0.5) is 5.69 Å². The molecule has 1 aromatic heterocycles. The molecule has 0 amide bonds.